The summed E-state index contributed by atoms with van der Waals surface area (Å²) in [5.74, 6) is -1.25. The van der Waals surface area contributed by atoms with E-state index in [9.17, 15) is 21.2 Å². The van der Waals surface area contributed by atoms with Gasteiger partial charge in [0.2, 0.25) is 10.0 Å². The zero-order valence-corrected chi connectivity index (χ0v) is 13.8. The monoisotopic (exact) mass is 354 g/mol. The van der Waals surface area contributed by atoms with Gasteiger partial charge in [-0.2, -0.15) is 0 Å². The summed E-state index contributed by atoms with van der Waals surface area (Å²) in [5, 5.41) is 0. The smallest absolute Gasteiger partial charge is 0.241 e. The summed E-state index contributed by atoms with van der Waals surface area (Å²) < 4.78 is 62.6. The summed E-state index contributed by atoms with van der Waals surface area (Å²) in [6.45, 7) is 1.39. The van der Waals surface area contributed by atoms with Crippen LogP contribution in [-0.4, -0.2) is 39.9 Å². The van der Waals surface area contributed by atoms with E-state index in [1.165, 1.54) is 13.0 Å². The first-order valence-corrected chi connectivity index (χ1v) is 9.67. The average Bonchev–Trinajstić information content (AvgIpc) is 2.24. The van der Waals surface area contributed by atoms with Crippen molar-refractivity contribution in [1.29, 1.82) is 0 Å². The van der Waals surface area contributed by atoms with Crippen molar-refractivity contribution >= 4 is 37.1 Å². The van der Waals surface area contributed by atoms with Gasteiger partial charge in [-0.25, -0.2) is 25.9 Å². The highest BCUT2D eigenvalue weighted by Gasteiger charge is 2.25. The topological polar surface area (TPSA) is 106 Å². The van der Waals surface area contributed by atoms with E-state index in [0.717, 1.165) is 18.4 Å². The van der Waals surface area contributed by atoms with E-state index in [-0.39, 0.29) is 5.75 Å². The SMILES string of the molecule is CC(CS(C)(=O)=O)NS(=O)(=O)c1cccc(F)c1C(N)=S. The van der Waals surface area contributed by atoms with Crippen LogP contribution in [0, 0.1) is 5.82 Å². The highest BCUT2D eigenvalue weighted by Crippen LogP contribution is 2.19. The van der Waals surface area contributed by atoms with Crippen LogP contribution < -0.4 is 10.5 Å². The van der Waals surface area contributed by atoms with Gasteiger partial charge in [-0.1, -0.05) is 18.3 Å². The van der Waals surface area contributed by atoms with Gasteiger partial charge in [0.15, 0.2) is 0 Å². The molecule has 0 aliphatic rings. The van der Waals surface area contributed by atoms with Crippen LogP contribution in [-0.2, 0) is 19.9 Å². The second-order valence-electron chi connectivity index (χ2n) is 4.59. The first kappa shape index (κ1) is 18.0. The molecule has 10 heteroatoms. The Kier molecular flexibility index (Phi) is 5.42. The van der Waals surface area contributed by atoms with E-state index in [4.69, 9.17) is 5.73 Å². The standard InChI is InChI=1S/C11H15FN2O4S3/c1-7(6-20(2,15)16)14-21(17,18)9-5-3-4-8(12)10(9)11(13)19/h3-5,7,14H,6H2,1-2H3,(H2,13,19). The lowest BCUT2D eigenvalue weighted by Gasteiger charge is -2.15. The van der Waals surface area contributed by atoms with Crippen molar-refractivity contribution in [3.8, 4) is 0 Å². The molecule has 118 valence electrons. The average molecular weight is 354 g/mol. The van der Waals surface area contributed by atoms with Crippen LogP contribution in [0.25, 0.3) is 0 Å². The molecule has 0 saturated carbocycles. The molecule has 1 rings (SSSR count). The zero-order valence-electron chi connectivity index (χ0n) is 11.3. The number of nitrogens with one attached hydrogen (secondary N) is 1. The van der Waals surface area contributed by atoms with E-state index < -0.39 is 47.2 Å². The maximum atomic E-state index is 13.7. The molecule has 0 spiro atoms. The van der Waals surface area contributed by atoms with Crippen LogP contribution in [0.15, 0.2) is 23.1 Å². The first-order valence-electron chi connectivity index (χ1n) is 5.72. The number of hydrogen-bond donors (Lipinski definition) is 2. The number of nitrogens with two attached hydrogens (primary N) is 1. The van der Waals surface area contributed by atoms with Crippen LogP contribution >= 0.6 is 12.2 Å². The lowest BCUT2D eigenvalue weighted by atomic mass is 10.2. The van der Waals surface area contributed by atoms with Crippen molar-refractivity contribution < 1.29 is 21.2 Å². The van der Waals surface area contributed by atoms with E-state index in [1.54, 1.807) is 0 Å². The number of thiocarbonyl (C=S) groups is 1. The number of benzene rings is 1. The molecule has 0 fully saturated rings. The van der Waals surface area contributed by atoms with Gasteiger partial charge in [0.25, 0.3) is 0 Å². The van der Waals surface area contributed by atoms with Crippen molar-refractivity contribution in [3.63, 3.8) is 0 Å². The zero-order chi connectivity index (χ0) is 16.4. The van der Waals surface area contributed by atoms with Crippen LogP contribution in [0.4, 0.5) is 4.39 Å². The molecule has 1 aromatic rings. The largest absolute Gasteiger partial charge is 0.389 e. The summed E-state index contributed by atoms with van der Waals surface area (Å²) in [6, 6.07) is 2.50. The fourth-order valence-electron chi connectivity index (χ4n) is 1.78. The molecule has 1 unspecified atom stereocenters. The third kappa shape index (κ3) is 4.99. The molecule has 0 amide bonds. The Morgan fingerprint density at radius 3 is 2.43 bits per heavy atom. The van der Waals surface area contributed by atoms with Gasteiger partial charge < -0.3 is 5.73 Å². The molecule has 3 N–H and O–H groups in total. The first-order chi connectivity index (χ1) is 9.44. The molecule has 0 aromatic heterocycles. The van der Waals surface area contributed by atoms with Gasteiger partial charge in [0, 0.05) is 12.3 Å². The number of halogens is 1. The van der Waals surface area contributed by atoms with Crippen LogP contribution in [0.2, 0.25) is 0 Å². The minimum atomic E-state index is -4.15. The quantitative estimate of drug-likeness (QED) is 0.706. The van der Waals surface area contributed by atoms with Gasteiger partial charge >= 0.3 is 0 Å². The van der Waals surface area contributed by atoms with Gasteiger partial charge in [0.05, 0.1) is 16.2 Å². The van der Waals surface area contributed by atoms with Gasteiger partial charge in [-0.05, 0) is 19.1 Å². The highest BCUT2D eigenvalue weighted by atomic mass is 32.2. The summed E-state index contributed by atoms with van der Waals surface area (Å²) in [6.07, 6.45) is 0.987. The Balaban J connectivity index is 3.21. The Bertz CT molecular complexity index is 760. The summed E-state index contributed by atoms with van der Waals surface area (Å²) in [5.41, 5.74) is 4.95. The minimum absolute atomic E-state index is 0.385. The molecular formula is C11H15FN2O4S3. The summed E-state index contributed by atoms with van der Waals surface area (Å²) in [7, 11) is -7.52. The van der Waals surface area contributed by atoms with Crippen LogP contribution in [0.1, 0.15) is 12.5 Å². The van der Waals surface area contributed by atoms with Crippen molar-refractivity contribution in [2.75, 3.05) is 12.0 Å². The Hall–Kier alpha value is -1.10. The number of rotatable bonds is 6. The molecule has 1 atom stereocenters. The van der Waals surface area contributed by atoms with Crippen molar-refractivity contribution in [2.45, 2.75) is 17.9 Å². The normalized spacial score (nSPS) is 13.9. The third-order valence-corrected chi connectivity index (χ3v) is 5.36. The van der Waals surface area contributed by atoms with Gasteiger partial charge in [0.1, 0.15) is 20.6 Å². The molecular weight excluding hydrogens is 339 g/mol. The van der Waals surface area contributed by atoms with Crippen molar-refractivity contribution in [1.82, 2.24) is 4.72 Å². The van der Waals surface area contributed by atoms with E-state index >= 15 is 0 Å². The van der Waals surface area contributed by atoms with Gasteiger partial charge in [-0.3, -0.25) is 0 Å². The van der Waals surface area contributed by atoms with E-state index in [1.807, 2.05) is 0 Å². The number of sulfone groups is 1. The maximum Gasteiger partial charge on any atom is 0.241 e. The molecule has 0 heterocycles. The molecule has 0 aliphatic heterocycles. The van der Waals surface area contributed by atoms with Crippen LogP contribution in [0.3, 0.4) is 0 Å². The fourth-order valence-corrected chi connectivity index (χ4v) is 4.63. The lowest BCUT2D eigenvalue weighted by Crippen LogP contribution is -2.38. The minimum Gasteiger partial charge on any atom is -0.389 e. The predicted octanol–water partition coefficient (Wildman–Crippen LogP) is 0.171. The van der Waals surface area contributed by atoms with Crippen molar-refractivity contribution in [2.24, 2.45) is 5.73 Å². The molecule has 6 nitrogen and oxygen atoms in total. The molecule has 0 saturated heterocycles. The van der Waals surface area contributed by atoms with Crippen LogP contribution in [0.5, 0.6) is 0 Å². The molecule has 0 bridgehead atoms. The number of sulfonamides is 1. The fraction of sp³-hybridized carbons (Fsp3) is 0.364. The highest BCUT2D eigenvalue weighted by molar-refractivity contribution is 7.91. The Morgan fingerprint density at radius 1 is 1.38 bits per heavy atom. The summed E-state index contributed by atoms with van der Waals surface area (Å²) in [4.78, 5) is -0.820. The van der Waals surface area contributed by atoms with Crippen molar-refractivity contribution in [3.05, 3.63) is 29.6 Å². The Labute approximate surface area is 128 Å². The third-order valence-electron chi connectivity index (χ3n) is 2.42. The van der Waals surface area contributed by atoms with E-state index in [2.05, 4.69) is 16.9 Å². The molecule has 1 aromatic carbocycles. The molecule has 0 aliphatic carbocycles. The van der Waals surface area contributed by atoms with E-state index in [0.29, 0.717) is 0 Å². The maximum absolute atomic E-state index is 13.7. The predicted molar refractivity (Wildman–Crippen MR) is 81.8 cm³/mol. The summed E-state index contributed by atoms with van der Waals surface area (Å²) >= 11 is 4.66. The second kappa shape index (κ2) is 6.34. The number of hydrogen-bond acceptors (Lipinski definition) is 5. The second-order valence-corrected chi connectivity index (χ2v) is 8.90. The Morgan fingerprint density at radius 2 is 1.95 bits per heavy atom. The molecule has 0 radical (unpaired) electrons. The molecule has 21 heavy (non-hydrogen) atoms. The van der Waals surface area contributed by atoms with Gasteiger partial charge in [-0.15, -0.1) is 0 Å². The lowest BCUT2D eigenvalue weighted by molar-refractivity contribution is 0.561.